The van der Waals surface area contributed by atoms with Crippen LogP contribution in [0.15, 0.2) is 52.2 Å². The first-order chi connectivity index (χ1) is 12.5. The Bertz CT molecular complexity index is 888. The number of amides is 1. The van der Waals surface area contributed by atoms with Crippen LogP contribution in [0.4, 0.5) is 0 Å². The summed E-state index contributed by atoms with van der Waals surface area (Å²) in [6.45, 7) is 3.92. The average molecular weight is 370 g/mol. The van der Waals surface area contributed by atoms with E-state index in [0.717, 1.165) is 22.7 Å². The van der Waals surface area contributed by atoms with E-state index >= 15 is 0 Å². The number of hydrogen-bond acceptors (Lipinski definition) is 5. The van der Waals surface area contributed by atoms with Gasteiger partial charge in [-0.15, -0.1) is 10.2 Å². The summed E-state index contributed by atoms with van der Waals surface area (Å²) in [6, 6.07) is 11.9. The van der Waals surface area contributed by atoms with E-state index in [1.165, 1.54) is 11.8 Å². The highest BCUT2D eigenvalue weighted by Gasteiger charge is 2.20. The summed E-state index contributed by atoms with van der Waals surface area (Å²) in [5.74, 6) is 1.89. The van der Waals surface area contributed by atoms with Crippen LogP contribution >= 0.6 is 11.8 Å². The molecule has 6 nitrogen and oxygen atoms in total. The van der Waals surface area contributed by atoms with Crippen LogP contribution in [0.2, 0.25) is 0 Å². The van der Waals surface area contributed by atoms with Crippen molar-refractivity contribution in [2.75, 3.05) is 12.8 Å². The van der Waals surface area contributed by atoms with E-state index in [-0.39, 0.29) is 11.9 Å². The van der Waals surface area contributed by atoms with E-state index in [9.17, 15) is 4.79 Å². The molecule has 26 heavy (non-hydrogen) atoms. The third-order valence-electron chi connectivity index (χ3n) is 4.52. The van der Waals surface area contributed by atoms with E-state index in [1.54, 1.807) is 11.2 Å². The zero-order valence-electron chi connectivity index (χ0n) is 15.3. The number of aryl methyl sites for hydroxylation is 1. The molecule has 3 aromatic rings. The maximum absolute atomic E-state index is 12.6. The smallest absolute Gasteiger partial charge is 0.233 e. The number of rotatable bonds is 6. The van der Waals surface area contributed by atoms with Crippen LogP contribution in [-0.4, -0.2) is 38.4 Å². The van der Waals surface area contributed by atoms with Crippen molar-refractivity contribution in [1.29, 1.82) is 0 Å². The minimum absolute atomic E-state index is 0.0212. The van der Waals surface area contributed by atoms with Gasteiger partial charge in [-0.05, 0) is 25.5 Å². The molecule has 1 unspecified atom stereocenters. The zero-order chi connectivity index (χ0) is 18.7. The highest BCUT2D eigenvalue weighted by atomic mass is 32.2. The minimum Gasteiger partial charge on any atom is -0.469 e. The molecule has 0 bridgehead atoms. The van der Waals surface area contributed by atoms with Gasteiger partial charge in [0, 0.05) is 14.1 Å². The lowest BCUT2D eigenvalue weighted by atomic mass is 10.1. The molecule has 1 aromatic carbocycles. The first-order valence-corrected chi connectivity index (χ1v) is 9.35. The zero-order valence-corrected chi connectivity index (χ0v) is 16.2. The maximum Gasteiger partial charge on any atom is 0.233 e. The monoisotopic (exact) mass is 370 g/mol. The van der Waals surface area contributed by atoms with Crippen molar-refractivity contribution in [3.8, 4) is 11.4 Å². The molecule has 2 heterocycles. The van der Waals surface area contributed by atoms with Crippen LogP contribution in [0, 0.1) is 6.92 Å². The number of thioether (sulfide) groups is 1. The number of carbonyl (C=O) groups excluding carboxylic acids is 1. The fourth-order valence-electron chi connectivity index (χ4n) is 2.69. The molecule has 0 aliphatic carbocycles. The van der Waals surface area contributed by atoms with Crippen molar-refractivity contribution < 1.29 is 9.21 Å². The van der Waals surface area contributed by atoms with Crippen molar-refractivity contribution in [1.82, 2.24) is 19.7 Å². The van der Waals surface area contributed by atoms with Crippen molar-refractivity contribution in [2.24, 2.45) is 7.05 Å². The number of benzene rings is 1. The van der Waals surface area contributed by atoms with Gasteiger partial charge in [-0.3, -0.25) is 4.79 Å². The van der Waals surface area contributed by atoms with Crippen LogP contribution in [0.5, 0.6) is 0 Å². The van der Waals surface area contributed by atoms with Gasteiger partial charge in [0.05, 0.1) is 23.6 Å². The molecule has 0 spiro atoms. The quantitative estimate of drug-likeness (QED) is 0.619. The van der Waals surface area contributed by atoms with Crippen molar-refractivity contribution >= 4 is 17.7 Å². The Hall–Kier alpha value is -2.54. The van der Waals surface area contributed by atoms with Gasteiger partial charge in [-0.2, -0.15) is 0 Å². The topological polar surface area (TPSA) is 64.2 Å². The number of hydrogen-bond donors (Lipinski definition) is 0. The molecular formula is C19H22N4O2S. The fraction of sp³-hybridized carbons (Fsp3) is 0.316. The number of furan rings is 1. The standard InChI is InChI=1S/C19H22N4O2S/c1-13(15-8-6-5-7-9-15)22(3)17(24)12-26-19-21-20-18(23(19)4)16-10-11-25-14(16)2/h5-11,13H,12H2,1-4H3. The maximum atomic E-state index is 12.6. The van der Waals surface area contributed by atoms with Crippen molar-refractivity contribution in [3.05, 3.63) is 54.0 Å². The largest absolute Gasteiger partial charge is 0.469 e. The summed E-state index contributed by atoms with van der Waals surface area (Å²) in [5, 5.41) is 9.15. The molecule has 0 aliphatic rings. The second-order valence-electron chi connectivity index (χ2n) is 6.14. The number of nitrogens with zero attached hydrogens (tertiary/aromatic N) is 4. The molecular weight excluding hydrogens is 348 g/mol. The van der Waals surface area contributed by atoms with E-state index in [4.69, 9.17) is 4.42 Å². The molecule has 0 fully saturated rings. The van der Waals surface area contributed by atoms with Gasteiger partial charge < -0.3 is 13.9 Å². The predicted octanol–water partition coefficient (Wildman–Crippen LogP) is 3.70. The Morgan fingerprint density at radius 3 is 2.65 bits per heavy atom. The third-order valence-corrected chi connectivity index (χ3v) is 5.52. The molecule has 0 aliphatic heterocycles. The molecule has 2 aromatic heterocycles. The average Bonchev–Trinajstić information content (AvgIpc) is 3.24. The highest BCUT2D eigenvalue weighted by molar-refractivity contribution is 7.99. The van der Waals surface area contributed by atoms with E-state index in [0.29, 0.717) is 10.9 Å². The summed E-state index contributed by atoms with van der Waals surface area (Å²) in [7, 11) is 3.72. The summed E-state index contributed by atoms with van der Waals surface area (Å²) < 4.78 is 7.22. The second-order valence-corrected chi connectivity index (χ2v) is 7.08. The molecule has 1 amide bonds. The second kappa shape index (κ2) is 7.78. The van der Waals surface area contributed by atoms with Gasteiger partial charge in [0.25, 0.3) is 0 Å². The lowest BCUT2D eigenvalue weighted by molar-refractivity contribution is -0.128. The first kappa shape index (κ1) is 18.3. The summed E-state index contributed by atoms with van der Waals surface area (Å²) in [5.41, 5.74) is 2.03. The van der Waals surface area contributed by atoms with Crippen molar-refractivity contribution in [3.63, 3.8) is 0 Å². The summed E-state index contributed by atoms with van der Waals surface area (Å²) >= 11 is 1.39. The van der Waals surface area contributed by atoms with Gasteiger partial charge in [0.1, 0.15) is 5.76 Å². The van der Waals surface area contributed by atoms with Crippen LogP contribution in [0.1, 0.15) is 24.3 Å². The van der Waals surface area contributed by atoms with E-state index in [2.05, 4.69) is 10.2 Å². The lowest BCUT2D eigenvalue weighted by Gasteiger charge is -2.25. The Labute approximate surface area is 157 Å². The molecule has 0 saturated carbocycles. The van der Waals surface area contributed by atoms with E-state index in [1.807, 2.05) is 68.9 Å². The fourth-order valence-corrected chi connectivity index (χ4v) is 3.53. The minimum atomic E-state index is 0.0212. The lowest BCUT2D eigenvalue weighted by Crippen LogP contribution is -2.31. The van der Waals surface area contributed by atoms with Gasteiger partial charge in [0.2, 0.25) is 5.91 Å². The highest BCUT2D eigenvalue weighted by Crippen LogP contribution is 2.26. The molecule has 0 saturated heterocycles. The van der Waals surface area contributed by atoms with Crippen molar-refractivity contribution in [2.45, 2.75) is 25.0 Å². The number of aromatic nitrogens is 3. The molecule has 0 N–H and O–H groups in total. The number of carbonyl (C=O) groups is 1. The van der Waals surface area contributed by atoms with Crippen LogP contribution in [-0.2, 0) is 11.8 Å². The van der Waals surface area contributed by atoms with Gasteiger partial charge in [-0.1, -0.05) is 42.1 Å². The van der Waals surface area contributed by atoms with Crippen LogP contribution in [0.3, 0.4) is 0 Å². The molecule has 0 radical (unpaired) electrons. The Kier molecular flexibility index (Phi) is 5.46. The Morgan fingerprint density at radius 2 is 2.00 bits per heavy atom. The van der Waals surface area contributed by atoms with E-state index < -0.39 is 0 Å². The third kappa shape index (κ3) is 3.67. The molecule has 7 heteroatoms. The van der Waals surface area contributed by atoms with Crippen LogP contribution < -0.4 is 0 Å². The molecule has 1 atom stereocenters. The van der Waals surface area contributed by atoms with Gasteiger partial charge in [-0.25, -0.2) is 0 Å². The molecule has 3 rings (SSSR count). The Morgan fingerprint density at radius 1 is 1.27 bits per heavy atom. The van der Waals surface area contributed by atoms with Gasteiger partial charge >= 0.3 is 0 Å². The Balaban J connectivity index is 1.65. The van der Waals surface area contributed by atoms with Crippen LogP contribution in [0.25, 0.3) is 11.4 Å². The SMILES string of the molecule is Cc1occc1-c1nnc(SCC(=O)N(C)C(C)c2ccccc2)n1C. The first-order valence-electron chi connectivity index (χ1n) is 8.36. The normalized spacial score (nSPS) is 12.2. The summed E-state index contributed by atoms with van der Waals surface area (Å²) in [4.78, 5) is 14.3. The van der Waals surface area contributed by atoms with Gasteiger partial charge in [0.15, 0.2) is 11.0 Å². The molecule has 136 valence electrons. The summed E-state index contributed by atoms with van der Waals surface area (Å²) in [6.07, 6.45) is 1.63. The predicted molar refractivity (Wildman–Crippen MR) is 102 cm³/mol.